The molecule has 2 rings (SSSR count). The Morgan fingerprint density at radius 2 is 1.85 bits per heavy atom. The fraction of sp³-hybridized carbons (Fsp3) is 0.143. The first kappa shape index (κ1) is 13.8. The van der Waals surface area contributed by atoms with Crippen LogP contribution in [0.25, 0.3) is 0 Å². The van der Waals surface area contributed by atoms with Gasteiger partial charge in [-0.15, -0.1) is 0 Å². The Morgan fingerprint density at radius 1 is 1.15 bits per heavy atom. The number of anilines is 3. The van der Waals surface area contributed by atoms with E-state index >= 15 is 0 Å². The summed E-state index contributed by atoms with van der Waals surface area (Å²) in [5, 5.41) is 16.9. The normalized spacial score (nSPS) is 10.2. The van der Waals surface area contributed by atoms with Crippen molar-refractivity contribution in [1.82, 2.24) is 0 Å². The highest BCUT2D eigenvalue weighted by Gasteiger charge is 2.19. The molecule has 0 bridgehead atoms. The summed E-state index contributed by atoms with van der Waals surface area (Å²) < 4.78 is 13.3. The third kappa shape index (κ3) is 2.69. The Kier molecular flexibility index (Phi) is 3.84. The number of nitro groups is 1. The first-order valence-corrected chi connectivity index (χ1v) is 6.01. The Labute approximate surface area is 115 Å². The quantitative estimate of drug-likeness (QED) is 0.657. The zero-order chi connectivity index (χ0) is 14.7. The second-order valence-corrected chi connectivity index (χ2v) is 4.29. The Morgan fingerprint density at radius 3 is 2.50 bits per heavy atom. The molecule has 0 saturated carbocycles. The van der Waals surface area contributed by atoms with E-state index in [1.807, 2.05) is 0 Å². The van der Waals surface area contributed by atoms with Crippen LogP contribution in [-0.2, 0) is 0 Å². The minimum absolute atomic E-state index is 0.0707. The van der Waals surface area contributed by atoms with Crippen LogP contribution in [0.15, 0.2) is 36.4 Å². The summed E-state index contributed by atoms with van der Waals surface area (Å²) in [6, 6.07) is 9.16. The molecule has 0 atom stereocenters. The summed E-state index contributed by atoms with van der Waals surface area (Å²) >= 11 is 0. The van der Waals surface area contributed by atoms with Gasteiger partial charge in [0.15, 0.2) is 0 Å². The molecule has 20 heavy (non-hydrogen) atoms. The number of nitrogens with one attached hydrogen (secondary N) is 2. The standard InChI is InChI=1S/C14H14FN3O2/c1-9-6-7-10(15)8-13(9)17-12-5-3-4-11(16-2)14(12)18(19)20/h3-8,16-17H,1-2H3. The second kappa shape index (κ2) is 5.56. The molecule has 0 aliphatic rings. The van der Waals surface area contributed by atoms with Crippen molar-refractivity contribution in [2.75, 3.05) is 17.7 Å². The zero-order valence-corrected chi connectivity index (χ0v) is 11.1. The molecule has 0 radical (unpaired) electrons. The second-order valence-electron chi connectivity index (χ2n) is 4.29. The fourth-order valence-electron chi connectivity index (χ4n) is 1.92. The molecule has 0 heterocycles. The van der Waals surface area contributed by atoms with E-state index in [1.165, 1.54) is 12.1 Å². The number of hydrogen-bond donors (Lipinski definition) is 2. The lowest BCUT2D eigenvalue weighted by Gasteiger charge is -2.12. The highest BCUT2D eigenvalue weighted by molar-refractivity contribution is 5.80. The largest absolute Gasteiger partial charge is 0.382 e. The predicted molar refractivity (Wildman–Crippen MR) is 77.1 cm³/mol. The van der Waals surface area contributed by atoms with Crippen LogP contribution in [0.3, 0.4) is 0 Å². The van der Waals surface area contributed by atoms with Gasteiger partial charge in [0, 0.05) is 12.7 Å². The van der Waals surface area contributed by atoms with Crippen molar-refractivity contribution in [2.24, 2.45) is 0 Å². The van der Waals surface area contributed by atoms with Crippen LogP contribution in [0.2, 0.25) is 0 Å². The van der Waals surface area contributed by atoms with Crippen LogP contribution in [0.5, 0.6) is 0 Å². The summed E-state index contributed by atoms with van der Waals surface area (Å²) in [4.78, 5) is 10.7. The van der Waals surface area contributed by atoms with Crippen LogP contribution in [0.4, 0.5) is 27.1 Å². The van der Waals surface area contributed by atoms with Crippen molar-refractivity contribution >= 4 is 22.7 Å². The average Bonchev–Trinajstić information content (AvgIpc) is 2.42. The monoisotopic (exact) mass is 275 g/mol. The molecule has 0 fully saturated rings. The molecular formula is C14H14FN3O2. The van der Waals surface area contributed by atoms with Crippen LogP contribution >= 0.6 is 0 Å². The third-order valence-corrected chi connectivity index (χ3v) is 2.96. The Hall–Kier alpha value is -2.63. The first-order chi connectivity index (χ1) is 9.52. The van der Waals surface area contributed by atoms with Gasteiger partial charge in [0.1, 0.15) is 17.2 Å². The van der Waals surface area contributed by atoms with Gasteiger partial charge in [0.05, 0.1) is 4.92 Å². The maximum Gasteiger partial charge on any atom is 0.315 e. The highest BCUT2D eigenvalue weighted by Crippen LogP contribution is 2.35. The molecule has 0 aliphatic heterocycles. The Balaban J connectivity index is 2.48. The van der Waals surface area contributed by atoms with Crippen LogP contribution < -0.4 is 10.6 Å². The van der Waals surface area contributed by atoms with Crippen molar-refractivity contribution in [3.63, 3.8) is 0 Å². The summed E-state index contributed by atoms with van der Waals surface area (Å²) in [5.41, 5.74) is 1.94. The highest BCUT2D eigenvalue weighted by atomic mass is 19.1. The SMILES string of the molecule is CNc1cccc(Nc2cc(F)ccc2C)c1[N+](=O)[O-]. The smallest absolute Gasteiger partial charge is 0.315 e. The van der Waals surface area contributed by atoms with Gasteiger partial charge in [-0.05, 0) is 36.8 Å². The summed E-state index contributed by atoms with van der Waals surface area (Å²) in [5.74, 6) is -0.398. The minimum atomic E-state index is -0.469. The maximum atomic E-state index is 13.3. The van der Waals surface area contributed by atoms with E-state index in [9.17, 15) is 14.5 Å². The van der Waals surface area contributed by atoms with Crippen molar-refractivity contribution in [1.29, 1.82) is 0 Å². The first-order valence-electron chi connectivity index (χ1n) is 6.01. The lowest BCUT2D eigenvalue weighted by Crippen LogP contribution is -2.02. The third-order valence-electron chi connectivity index (χ3n) is 2.96. The molecule has 0 aliphatic carbocycles. The number of benzene rings is 2. The molecule has 0 unspecified atom stereocenters. The van der Waals surface area contributed by atoms with Crippen molar-refractivity contribution < 1.29 is 9.31 Å². The van der Waals surface area contributed by atoms with Crippen molar-refractivity contribution in [3.8, 4) is 0 Å². The molecule has 0 saturated heterocycles. The molecule has 0 spiro atoms. The van der Waals surface area contributed by atoms with Crippen molar-refractivity contribution in [2.45, 2.75) is 6.92 Å². The van der Waals surface area contributed by atoms with Crippen LogP contribution in [0, 0.1) is 22.9 Å². The Bertz CT molecular complexity index is 659. The van der Waals surface area contributed by atoms with Gasteiger partial charge in [-0.3, -0.25) is 10.1 Å². The van der Waals surface area contributed by atoms with E-state index in [1.54, 1.807) is 38.2 Å². The minimum Gasteiger partial charge on any atom is -0.382 e. The number of nitrogens with zero attached hydrogens (tertiary/aromatic N) is 1. The summed E-state index contributed by atoms with van der Waals surface area (Å²) in [6.45, 7) is 1.80. The van der Waals surface area contributed by atoms with Crippen LogP contribution in [0.1, 0.15) is 5.56 Å². The molecule has 0 aromatic heterocycles. The molecule has 2 aromatic carbocycles. The average molecular weight is 275 g/mol. The lowest BCUT2D eigenvalue weighted by atomic mass is 10.1. The van der Waals surface area contributed by atoms with E-state index in [0.717, 1.165) is 5.56 Å². The van der Waals surface area contributed by atoms with E-state index in [0.29, 0.717) is 17.1 Å². The number of nitro benzene ring substituents is 1. The molecule has 2 N–H and O–H groups in total. The lowest BCUT2D eigenvalue weighted by molar-refractivity contribution is -0.383. The topological polar surface area (TPSA) is 67.2 Å². The van der Waals surface area contributed by atoms with Gasteiger partial charge in [-0.2, -0.15) is 0 Å². The van der Waals surface area contributed by atoms with E-state index in [2.05, 4.69) is 10.6 Å². The van der Waals surface area contributed by atoms with Gasteiger partial charge in [-0.25, -0.2) is 4.39 Å². The van der Waals surface area contributed by atoms with Gasteiger partial charge in [0.2, 0.25) is 0 Å². The van der Waals surface area contributed by atoms with Crippen molar-refractivity contribution in [3.05, 3.63) is 57.9 Å². The fourth-order valence-corrected chi connectivity index (χ4v) is 1.92. The van der Waals surface area contributed by atoms with E-state index < -0.39 is 10.7 Å². The number of para-hydroxylation sites is 1. The molecule has 2 aromatic rings. The molecule has 6 heteroatoms. The van der Waals surface area contributed by atoms with Gasteiger partial charge in [0.25, 0.3) is 0 Å². The molecule has 0 amide bonds. The summed E-state index contributed by atoms with van der Waals surface area (Å²) in [6.07, 6.45) is 0. The summed E-state index contributed by atoms with van der Waals surface area (Å²) in [7, 11) is 1.61. The maximum absolute atomic E-state index is 13.3. The molecule has 5 nitrogen and oxygen atoms in total. The number of aryl methyl sites for hydroxylation is 1. The van der Waals surface area contributed by atoms with E-state index in [-0.39, 0.29) is 5.69 Å². The van der Waals surface area contributed by atoms with Gasteiger partial charge < -0.3 is 10.6 Å². The van der Waals surface area contributed by atoms with E-state index in [4.69, 9.17) is 0 Å². The predicted octanol–water partition coefficient (Wildman–Crippen LogP) is 3.83. The number of halogens is 1. The number of hydrogen-bond acceptors (Lipinski definition) is 4. The number of rotatable bonds is 4. The molecule has 104 valence electrons. The van der Waals surface area contributed by atoms with Gasteiger partial charge in [-0.1, -0.05) is 12.1 Å². The van der Waals surface area contributed by atoms with Gasteiger partial charge >= 0.3 is 5.69 Å². The zero-order valence-electron chi connectivity index (χ0n) is 11.1. The van der Waals surface area contributed by atoms with Crippen LogP contribution in [-0.4, -0.2) is 12.0 Å². The molecular weight excluding hydrogens is 261 g/mol.